The largest absolute Gasteiger partial charge is 0.504 e. The van der Waals surface area contributed by atoms with Crippen LogP contribution in [0.2, 0.25) is 0 Å². The molecule has 2 aromatic rings. The second-order valence-corrected chi connectivity index (χ2v) is 5.64. The van der Waals surface area contributed by atoms with Crippen molar-refractivity contribution in [2.24, 2.45) is 5.10 Å². The number of nitrogens with one attached hydrogen (secondary N) is 1. The van der Waals surface area contributed by atoms with Crippen molar-refractivity contribution in [2.75, 3.05) is 6.79 Å². The Morgan fingerprint density at radius 3 is 2.42 bits per heavy atom. The number of rotatable bonds is 3. The summed E-state index contributed by atoms with van der Waals surface area (Å²) in [7, 11) is 0. The zero-order valence-corrected chi connectivity index (χ0v) is 13.6. The third kappa shape index (κ3) is 3.06. The number of hydrogen-bond acceptors (Lipinski definition) is 7. The van der Waals surface area contributed by atoms with Gasteiger partial charge in [0.05, 0.1) is 6.21 Å². The van der Waals surface area contributed by atoms with Gasteiger partial charge < -0.3 is 24.8 Å². The molecular formula is C15H11BrN2O6. The molecule has 0 aromatic heterocycles. The van der Waals surface area contributed by atoms with E-state index >= 15 is 0 Å². The smallest absolute Gasteiger partial charge is 0.271 e. The number of benzene rings is 2. The number of fused-ring (bicyclic) bond motifs is 1. The zero-order valence-electron chi connectivity index (χ0n) is 12.0. The minimum absolute atomic E-state index is 0.0651. The molecule has 3 rings (SSSR count). The topological polar surface area (TPSA) is 121 Å². The monoisotopic (exact) mass is 394 g/mol. The van der Waals surface area contributed by atoms with Gasteiger partial charge in [0.2, 0.25) is 6.79 Å². The molecule has 0 fully saturated rings. The van der Waals surface area contributed by atoms with Crippen molar-refractivity contribution < 1.29 is 29.6 Å². The van der Waals surface area contributed by atoms with E-state index < -0.39 is 23.2 Å². The lowest BCUT2D eigenvalue weighted by atomic mass is 10.2. The first kappa shape index (κ1) is 15.9. The van der Waals surface area contributed by atoms with Crippen LogP contribution in [0, 0.1) is 0 Å². The van der Waals surface area contributed by atoms with Crippen molar-refractivity contribution in [3.63, 3.8) is 0 Å². The number of phenols is 3. The van der Waals surface area contributed by atoms with Gasteiger partial charge in [-0.25, -0.2) is 5.43 Å². The molecule has 0 saturated heterocycles. The number of hydrogen-bond donors (Lipinski definition) is 4. The molecule has 1 heterocycles. The highest BCUT2D eigenvalue weighted by Gasteiger charge is 2.16. The summed E-state index contributed by atoms with van der Waals surface area (Å²) in [6.45, 7) is 0.146. The maximum Gasteiger partial charge on any atom is 0.271 e. The van der Waals surface area contributed by atoms with Crippen molar-refractivity contribution in [1.29, 1.82) is 0 Å². The third-order valence-corrected chi connectivity index (χ3v) is 3.88. The summed E-state index contributed by atoms with van der Waals surface area (Å²) in [5.74, 6) is -1.41. The first-order valence-corrected chi connectivity index (χ1v) is 7.42. The molecule has 2 aromatic carbocycles. The lowest BCUT2D eigenvalue weighted by molar-refractivity contribution is 0.0954. The highest BCUT2D eigenvalue weighted by atomic mass is 79.9. The second kappa shape index (κ2) is 6.28. The van der Waals surface area contributed by atoms with Gasteiger partial charge in [0.25, 0.3) is 5.91 Å². The number of amides is 1. The lowest BCUT2D eigenvalue weighted by Crippen LogP contribution is -2.17. The molecule has 1 aliphatic heterocycles. The zero-order chi connectivity index (χ0) is 17.3. The molecular weight excluding hydrogens is 384 g/mol. The summed E-state index contributed by atoms with van der Waals surface area (Å²) >= 11 is 3.36. The van der Waals surface area contributed by atoms with Gasteiger partial charge in [0.1, 0.15) is 0 Å². The van der Waals surface area contributed by atoms with Gasteiger partial charge in [-0.1, -0.05) is 0 Å². The summed E-state index contributed by atoms with van der Waals surface area (Å²) in [5.41, 5.74) is 2.83. The molecule has 124 valence electrons. The van der Waals surface area contributed by atoms with Gasteiger partial charge >= 0.3 is 0 Å². The summed E-state index contributed by atoms with van der Waals surface area (Å²) in [6.07, 6.45) is 1.39. The second-order valence-electron chi connectivity index (χ2n) is 4.79. The van der Waals surface area contributed by atoms with Crippen LogP contribution in [0.4, 0.5) is 0 Å². The van der Waals surface area contributed by atoms with E-state index in [0.29, 0.717) is 21.5 Å². The maximum atomic E-state index is 11.9. The number of carbonyl (C=O) groups excluding carboxylic acids is 1. The molecule has 9 heteroatoms. The fourth-order valence-electron chi connectivity index (χ4n) is 1.99. The van der Waals surface area contributed by atoms with Gasteiger partial charge in [-0.2, -0.15) is 5.10 Å². The summed E-state index contributed by atoms with van der Waals surface area (Å²) in [4.78, 5) is 11.9. The first-order valence-electron chi connectivity index (χ1n) is 6.63. The molecule has 1 amide bonds. The molecule has 0 bridgehead atoms. The van der Waals surface area contributed by atoms with Crippen molar-refractivity contribution in [1.82, 2.24) is 5.43 Å². The molecule has 1 aliphatic rings. The Morgan fingerprint density at radius 1 is 1.12 bits per heavy atom. The maximum absolute atomic E-state index is 11.9. The van der Waals surface area contributed by atoms with Gasteiger partial charge in [-0.3, -0.25) is 4.79 Å². The minimum Gasteiger partial charge on any atom is -0.504 e. The van der Waals surface area contributed by atoms with Crippen molar-refractivity contribution in [3.05, 3.63) is 39.9 Å². The van der Waals surface area contributed by atoms with E-state index in [9.17, 15) is 20.1 Å². The predicted octanol–water partition coefficient (Wildman–Crippen LogP) is 2.06. The van der Waals surface area contributed by atoms with Gasteiger partial charge in [-0.15, -0.1) is 0 Å². The Morgan fingerprint density at radius 2 is 1.75 bits per heavy atom. The predicted molar refractivity (Wildman–Crippen MR) is 86.8 cm³/mol. The number of phenolic OH excluding ortho intramolecular Hbond substituents is 3. The molecule has 0 saturated carbocycles. The molecule has 8 nitrogen and oxygen atoms in total. The fourth-order valence-corrected chi connectivity index (χ4v) is 2.42. The SMILES string of the molecule is O=C(N/N=C/c1cc2c(cc1Br)OCO2)c1cc(O)c(O)c(O)c1. The molecule has 0 atom stereocenters. The van der Waals surface area contributed by atoms with E-state index in [-0.39, 0.29) is 12.4 Å². The average molecular weight is 395 g/mol. The third-order valence-electron chi connectivity index (χ3n) is 3.19. The van der Waals surface area contributed by atoms with E-state index in [1.807, 2.05) is 0 Å². The van der Waals surface area contributed by atoms with Crippen molar-refractivity contribution in [3.8, 4) is 28.7 Å². The normalized spacial score (nSPS) is 12.5. The van der Waals surface area contributed by atoms with E-state index in [1.54, 1.807) is 12.1 Å². The fraction of sp³-hybridized carbons (Fsp3) is 0.0667. The Kier molecular flexibility index (Phi) is 4.17. The summed E-state index contributed by atoms with van der Waals surface area (Å²) in [5, 5.41) is 31.9. The van der Waals surface area contributed by atoms with E-state index in [4.69, 9.17) is 9.47 Å². The van der Waals surface area contributed by atoms with Crippen LogP contribution < -0.4 is 14.9 Å². The highest BCUT2D eigenvalue weighted by Crippen LogP contribution is 2.36. The van der Waals surface area contributed by atoms with Crippen LogP contribution in [0.15, 0.2) is 33.8 Å². The van der Waals surface area contributed by atoms with Crippen LogP contribution in [-0.4, -0.2) is 34.2 Å². The van der Waals surface area contributed by atoms with Crippen molar-refractivity contribution >= 4 is 28.1 Å². The van der Waals surface area contributed by atoms with Crippen LogP contribution in [-0.2, 0) is 0 Å². The summed E-state index contributed by atoms with van der Waals surface area (Å²) in [6, 6.07) is 5.44. The first-order chi connectivity index (χ1) is 11.5. The van der Waals surface area contributed by atoms with Crippen LogP contribution in [0.3, 0.4) is 0 Å². The molecule has 0 unspecified atom stereocenters. The van der Waals surface area contributed by atoms with Gasteiger partial charge in [0.15, 0.2) is 28.7 Å². The minimum atomic E-state index is -0.695. The molecule has 24 heavy (non-hydrogen) atoms. The number of ether oxygens (including phenoxy) is 2. The average Bonchev–Trinajstić information content (AvgIpc) is 2.99. The van der Waals surface area contributed by atoms with Crippen LogP contribution >= 0.6 is 15.9 Å². The van der Waals surface area contributed by atoms with Crippen LogP contribution in [0.5, 0.6) is 28.7 Å². The molecule has 4 N–H and O–H groups in total. The number of hydrazone groups is 1. The van der Waals surface area contributed by atoms with E-state index in [1.165, 1.54) is 6.21 Å². The lowest BCUT2D eigenvalue weighted by Gasteiger charge is -2.05. The molecule has 0 radical (unpaired) electrons. The standard InChI is InChI=1S/C15H11BrN2O6/c16-9-4-13-12(23-6-24-13)3-8(9)5-17-18-15(22)7-1-10(19)14(21)11(20)2-7/h1-5,19-21H,6H2,(H,18,22)/b17-5+. The summed E-state index contributed by atoms with van der Waals surface area (Å²) < 4.78 is 11.2. The number of carbonyl (C=O) groups is 1. The van der Waals surface area contributed by atoms with Crippen molar-refractivity contribution in [2.45, 2.75) is 0 Å². The van der Waals surface area contributed by atoms with Crippen LogP contribution in [0.1, 0.15) is 15.9 Å². The number of halogens is 1. The number of aromatic hydroxyl groups is 3. The molecule has 0 aliphatic carbocycles. The quantitative estimate of drug-likeness (QED) is 0.359. The van der Waals surface area contributed by atoms with E-state index in [0.717, 1.165) is 12.1 Å². The Balaban J connectivity index is 1.74. The number of nitrogens with zero attached hydrogens (tertiary/aromatic N) is 1. The Bertz CT molecular complexity index is 829. The van der Waals surface area contributed by atoms with Gasteiger partial charge in [-0.05, 0) is 40.2 Å². The highest BCUT2D eigenvalue weighted by molar-refractivity contribution is 9.10. The van der Waals surface area contributed by atoms with E-state index in [2.05, 4.69) is 26.5 Å². The van der Waals surface area contributed by atoms with Gasteiger partial charge in [0, 0.05) is 15.6 Å². The Labute approximate surface area is 144 Å². The Hall–Kier alpha value is -2.94. The molecule has 0 spiro atoms. The van der Waals surface area contributed by atoms with Crippen LogP contribution in [0.25, 0.3) is 0 Å².